The lowest BCUT2D eigenvalue weighted by atomic mass is 9.81. The van der Waals surface area contributed by atoms with Crippen molar-refractivity contribution in [3.05, 3.63) is 0 Å². The third-order valence-corrected chi connectivity index (χ3v) is 4.50. The summed E-state index contributed by atoms with van der Waals surface area (Å²) in [6.45, 7) is 18.9. The molecule has 0 aliphatic heterocycles. The van der Waals surface area contributed by atoms with E-state index in [1.165, 1.54) is 6.42 Å². The lowest BCUT2D eigenvalue weighted by Crippen LogP contribution is -2.61. The molecular weight excluding hydrogens is 194 g/mol. The molecule has 0 radical (unpaired) electrons. The molecule has 0 saturated heterocycles. The van der Waals surface area contributed by atoms with Gasteiger partial charge in [-0.05, 0) is 39.5 Å². The van der Waals surface area contributed by atoms with Gasteiger partial charge in [0.2, 0.25) is 0 Å². The van der Waals surface area contributed by atoms with Crippen LogP contribution in [0.1, 0.15) is 61.8 Å². The Labute approximate surface area is 104 Å². The first-order valence-corrected chi connectivity index (χ1v) is 6.63. The van der Waals surface area contributed by atoms with E-state index >= 15 is 0 Å². The van der Waals surface area contributed by atoms with Crippen molar-refractivity contribution in [2.45, 2.75) is 73.4 Å². The molecule has 0 spiro atoms. The van der Waals surface area contributed by atoms with Gasteiger partial charge in [0.15, 0.2) is 0 Å². The summed E-state index contributed by atoms with van der Waals surface area (Å²) >= 11 is 0. The monoisotopic (exact) mass is 228 g/mol. The molecule has 0 amide bonds. The van der Waals surface area contributed by atoms with Crippen molar-refractivity contribution in [2.24, 2.45) is 11.3 Å². The summed E-state index contributed by atoms with van der Waals surface area (Å²) in [5, 5.41) is 0. The predicted octanol–water partition coefficient (Wildman–Crippen LogP) is 4.32. The normalized spacial score (nSPS) is 18.4. The maximum absolute atomic E-state index is 2.40. The Morgan fingerprint density at radius 1 is 0.875 bits per heavy atom. The Hall–Kier alpha value is -0.0400. The summed E-state index contributed by atoms with van der Waals surface area (Å²) < 4.78 is 1.09. The minimum atomic E-state index is 0.311. The van der Waals surface area contributed by atoms with E-state index in [1.807, 2.05) is 0 Å². The third-order valence-electron chi connectivity index (χ3n) is 4.50. The maximum Gasteiger partial charge on any atom is 0.0905 e. The third kappa shape index (κ3) is 4.08. The topological polar surface area (TPSA) is 0 Å². The van der Waals surface area contributed by atoms with Crippen molar-refractivity contribution in [3.8, 4) is 0 Å². The van der Waals surface area contributed by atoms with Gasteiger partial charge in [0.1, 0.15) is 0 Å². The summed E-state index contributed by atoms with van der Waals surface area (Å²) in [7, 11) is 4.73. The van der Waals surface area contributed by atoms with Crippen LogP contribution in [0, 0.1) is 11.3 Å². The average Bonchev–Trinajstić information content (AvgIpc) is 1.97. The van der Waals surface area contributed by atoms with Crippen molar-refractivity contribution >= 4 is 0 Å². The van der Waals surface area contributed by atoms with Gasteiger partial charge in [-0.3, -0.25) is 0 Å². The van der Waals surface area contributed by atoms with Gasteiger partial charge in [-0.1, -0.05) is 27.7 Å². The van der Waals surface area contributed by atoms with Crippen LogP contribution in [-0.2, 0) is 0 Å². The lowest BCUT2D eigenvalue weighted by molar-refractivity contribution is -0.960. The summed E-state index contributed by atoms with van der Waals surface area (Å²) in [5.41, 5.74) is 0.747. The van der Waals surface area contributed by atoms with E-state index in [1.54, 1.807) is 0 Å². The molecule has 2 unspecified atom stereocenters. The number of rotatable bonds is 3. The molecule has 0 aromatic rings. The molecule has 0 N–H and O–H groups in total. The number of quaternary nitrogens is 1. The summed E-state index contributed by atoms with van der Waals surface area (Å²) in [6.07, 6.45) is 1.30. The predicted molar refractivity (Wildman–Crippen MR) is 74.6 cm³/mol. The molecule has 0 saturated carbocycles. The van der Waals surface area contributed by atoms with Crippen molar-refractivity contribution in [1.82, 2.24) is 0 Å². The minimum Gasteiger partial charge on any atom is -0.322 e. The molecule has 0 bridgehead atoms. The quantitative estimate of drug-likeness (QED) is 0.631. The molecule has 0 rings (SSSR count). The maximum atomic E-state index is 2.40. The molecule has 1 heteroatoms. The van der Waals surface area contributed by atoms with Crippen LogP contribution in [0.2, 0.25) is 0 Å². The molecule has 2 atom stereocenters. The fourth-order valence-corrected chi connectivity index (χ4v) is 2.38. The van der Waals surface area contributed by atoms with E-state index in [2.05, 4.69) is 69.5 Å². The Bertz CT molecular complexity index is 215. The van der Waals surface area contributed by atoms with Crippen LogP contribution in [-0.4, -0.2) is 30.2 Å². The fourth-order valence-electron chi connectivity index (χ4n) is 2.38. The Morgan fingerprint density at radius 2 is 1.25 bits per heavy atom. The summed E-state index contributed by atoms with van der Waals surface area (Å²) in [6, 6.07) is 0.694. The molecule has 0 heterocycles. The van der Waals surface area contributed by atoms with Crippen LogP contribution >= 0.6 is 0 Å². The highest BCUT2D eigenvalue weighted by Gasteiger charge is 2.39. The standard InChI is InChI=1S/C15H34N/c1-12(11-14(3,4)5)13(2)16(9,10)15(6,7)8/h12-13H,11H2,1-10H3/q+1. The summed E-state index contributed by atoms with van der Waals surface area (Å²) in [5.74, 6) is 0.759. The second-order valence-corrected chi connectivity index (χ2v) is 8.19. The van der Waals surface area contributed by atoms with Crippen LogP contribution in [0.4, 0.5) is 0 Å². The van der Waals surface area contributed by atoms with Gasteiger partial charge >= 0.3 is 0 Å². The first-order chi connectivity index (χ1) is 6.79. The zero-order valence-corrected chi connectivity index (χ0v) is 13.3. The molecule has 16 heavy (non-hydrogen) atoms. The van der Waals surface area contributed by atoms with E-state index in [-0.39, 0.29) is 0 Å². The number of hydrogen-bond donors (Lipinski definition) is 0. The van der Waals surface area contributed by atoms with Gasteiger partial charge in [-0.2, -0.15) is 0 Å². The van der Waals surface area contributed by atoms with Crippen molar-refractivity contribution in [1.29, 1.82) is 0 Å². The second-order valence-electron chi connectivity index (χ2n) is 8.19. The number of nitrogens with zero attached hydrogens (tertiary/aromatic N) is 1. The Kier molecular flexibility index (Phi) is 4.67. The van der Waals surface area contributed by atoms with E-state index in [0.29, 0.717) is 17.0 Å². The van der Waals surface area contributed by atoms with Gasteiger partial charge in [-0.15, -0.1) is 0 Å². The SMILES string of the molecule is CC(CC(C)(C)C)C(C)[N+](C)(C)C(C)(C)C. The van der Waals surface area contributed by atoms with Gasteiger partial charge in [0.25, 0.3) is 0 Å². The van der Waals surface area contributed by atoms with Crippen LogP contribution < -0.4 is 0 Å². The fraction of sp³-hybridized carbons (Fsp3) is 1.00. The first-order valence-electron chi connectivity index (χ1n) is 6.63. The van der Waals surface area contributed by atoms with E-state index in [9.17, 15) is 0 Å². The number of hydrogen-bond acceptors (Lipinski definition) is 0. The van der Waals surface area contributed by atoms with Gasteiger partial charge < -0.3 is 4.48 Å². The Morgan fingerprint density at radius 3 is 1.50 bits per heavy atom. The van der Waals surface area contributed by atoms with Crippen LogP contribution in [0.25, 0.3) is 0 Å². The zero-order chi connectivity index (χ0) is 13.4. The first kappa shape index (κ1) is 16.0. The molecule has 0 aromatic carbocycles. The smallest absolute Gasteiger partial charge is 0.0905 e. The molecule has 0 aliphatic rings. The molecule has 0 aliphatic carbocycles. The largest absolute Gasteiger partial charge is 0.322 e. The van der Waals surface area contributed by atoms with Gasteiger partial charge in [0, 0.05) is 5.92 Å². The molecule has 0 fully saturated rings. The zero-order valence-electron chi connectivity index (χ0n) is 13.3. The minimum absolute atomic E-state index is 0.311. The highest BCUT2D eigenvalue weighted by atomic mass is 15.4. The molecule has 1 nitrogen and oxygen atoms in total. The van der Waals surface area contributed by atoms with Crippen molar-refractivity contribution in [3.63, 3.8) is 0 Å². The highest BCUT2D eigenvalue weighted by Crippen LogP contribution is 2.33. The second kappa shape index (κ2) is 4.68. The van der Waals surface area contributed by atoms with Crippen LogP contribution in [0.3, 0.4) is 0 Å². The van der Waals surface area contributed by atoms with Gasteiger partial charge in [0.05, 0.1) is 25.7 Å². The van der Waals surface area contributed by atoms with E-state index < -0.39 is 0 Å². The van der Waals surface area contributed by atoms with Gasteiger partial charge in [-0.25, -0.2) is 0 Å². The van der Waals surface area contributed by atoms with Crippen molar-refractivity contribution in [2.75, 3.05) is 14.1 Å². The van der Waals surface area contributed by atoms with Crippen LogP contribution in [0.5, 0.6) is 0 Å². The molecular formula is C15H34N+. The highest BCUT2D eigenvalue weighted by molar-refractivity contribution is 4.74. The lowest BCUT2D eigenvalue weighted by Gasteiger charge is -2.49. The van der Waals surface area contributed by atoms with Crippen LogP contribution in [0.15, 0.2) is 0 Å². The molecule has 0 aromatic heterocycles. The van der Waals surface area contributed by atoms with E-state index in [4.69, 9.17) is 0 Å². The summed E-state index contributed by atoms with van der Waals surface area (Å²) in [4.78, 5) is 0. The average molecular weight is 228 g/mol. The van der Waals surface area contributed by atoms with Crippen molar-refractivity contribution < 1.29 is 4.48 Å². The van der Waals surface area contributed by atoms with E-state index in [0.717, 1.165) is 10.4 Å². The Balaban J connectivity index is 4.74. The molecule has 98 valence electrons.